The Labute approximate surface area is 140 Å². The molecular formula is C17H22N4OS. The molecule has 0 aliphatic heterocycles. The lowest BCUT2D eigenvalue weighted by Gasteiger charge is -2.20. The van der Waals surface area contributed by atoms with E-state index in [1.54, 1.807) is 4.90 Å². The van der Waals surface area contributed by atoms with Crippen LogP contribution >= 0.6 is 11.5 Å². The summed E-state index contributed by atoms with van der Waals surface area (Å²) in [6.45, 7) is 6.74. The van der Waals surface area contributed by atoms with Gasteiger partial charge in [-0.3, -0.25) is 9.48 Å². The number of hydrogen-bond donors (Lipinski definition) is 0. The zero-order valence-electron chi connectivity index (χ0n) is 13.4. The van der Waals surface area contributed by atoms with Crippen LogP contribution in [0.3, 0.4) is 0 Å². The molecule has 3 rings (SSSR count). The van der Waals surface area contributed by atoms with Crippen molar-refractivity contribution in [3.63, 3.8) is 0 Å². The van der Waals surface area contributed by atoms with Crippen LogP contribution in [-0.4, -0.2) is 25.0 Å². The molecule has 2 heterocycles. The van der Waals surface area contributed by atoms with Gasteiger partial charge in [0.2, 0.25) is 5.91 Å². The molecule has 0 spiro atoms. The molecule has 0 radical (unpaired) electrons. The van der Waals surface area contributed by atoms with Crippen LogP contribution in [0.15, 0.2) is 30.4 Å². The summed E-state index contributed by atoms with van der Waals surface area (Å²) in [5, 5.41) is 6.64. The minimum Gasteiger partial charge on any atom is -0.330 e. The SMILES string of the molecule is C=CC(=O)N(Cc1cnsc1)Cc1cn(C2CCCC2)nc1C. The summed E-state index contributed by atoms with van der Waals surface area (Å²) in [7, 11) is 0. The first-order chi connectivity index (χ1) is 11.2. The lowest BCUT2D eigenvalue weighted by Crippen LogP contribution is -2.28. The van der Waals surface area contributed by atoms with Crippen molar-refractivity contribution in [3.8, 4) is 0 Å². The number of carbonyl (C=O) groups is 1. The van der Waals surface area contributed by atoms with E-state index in [1.807, 2.05) is 18.5 Å². The van der Waals surface area contributed by atoms with E-state index in [0.717, 1.165) is 16.8 Å². The Kier molecular flexibility index (Phi) is 4.91. The number of amides is 1. The largest absolute Gasteiger partial charge is 0.330 e. The number of rotatable bonds is 6. The van der Waals surface area contributed by atoms with Gasteiger partial charge in [0.25, 0.3) is 0 Å². The summed E-state index contributed by atoms with van der Waals surface area (Å²) in [5.41, 5.74) is 3.16. The molecule has 2 aromatic heterocycles. The van der Waals surface area contributed by atoms with Crippen LogP contribution < -0.4 is 0 Å². The predicted molar refractivity (Wildman–Crippen MR) is 91.0 cm³/mol. The summed E-state index contributed by atoms with van der Waals surface area (Å²) in [5.74, 6) is -0.0655. The molecule has 5 nitrogen and oxygen atoms in total. The number of carbonyl (C=O) groups excluding carboxylic acids is 1. The maximum absolute atomic E-state index is 12.2. The van der Waals surface area contributed by atoms with Crippen LogP contribution in [0.2, 0.25) is 0 Å². The van der Waals surface area contributed by atoms with Crippen molar-refractivity contribution in [1.29, 1.82) is 0 Å². The lowest BCUT2D eigenvalue weighted by molar-refractivity contribution is -0.127. The molecule has 0 bridgehead atoms. The maximum Gasteiger partial charge on any atom is 0.246 e. The van der Waals surface area contributed by atoms with Crippen LogP contribution in [0, 0.1) is 6.92 Å². The van der Waals surface area contributed by atoms with E-state index in [2.05, 4.69) is 26.9 Å². The Hall–Kier alpha value is -1.95. The van der Waals surface area contributed by atoms with Gasteiger partial charge in [-0.2, -0.15) is 5.10 Å². The highest BCUT2D eigenvalue weighted by Crippen LogP contribution is 2.29. The first-order valence-electron chi connectivity index (χ1n) is 8.01. The molecule has 23 heavy (non-hydrogen) atoms. The van der Waals surface area contributed by atoms with E-state index in [1.165, 1.54) is 43.3 Å². The van der Waals surface area contributed by atoms with Crippen molar-refractivity contribution in [2.75, 3.05) is 0 Å². The van der Waals surface area contributed by atoms with Crippen LogP contribution in [-0.2, 0) is 17.9 Å². The fourth-order valence-electron chi connectivity index (χ4n) is 3.10. The third-order valence-electron chi connectivity index (χ3n) is 4.42. The van der Waals surface area contributed by atoms with Gasteiger partial charge >= 0.3 is 0 Å². The van der Waals surface area contributed by atoms with Gasteiger partial charge in [-0.05, 0) is 37.4 Å². The Morgan fingerprint density at radius 2 is 2.26 bits per heavy atom. The standard InChI is InChI=1S/C17H22N4OS/c1-3-17(22)20(9-14-8-18-23-12-14)10-15-11-21(19-13(15)2)16-6-4-5-7-16/h3,8,11-12,16H,1,4-7,9-10H2,2H3. The number of nitrogens with zero attached hydrogens (tertiary/aromatic N) is 4. The fraction of sp³-hybridized carbons (Fsp3) is 0.471. The second kappa shape index (κ2) is 7.08. The first kappa shape index (κ1) is 15.9. The fourth-order valence-corrected chi connectivity index (χ4v) is 3.63. The molecule has 122 valence electrons. The van der Waals surface area contributed by atoms with Gasteiger partial charge in [-0.25, -0.2) is 4.37 Å². The number of aryl methyl sites for hydroxylation is 1. The third-order valence-corrected chi connectivity index (χ3v) is 5.06. The molecule has 0 atom stereocenters. The summed E-state index contributed by atoms with van der Waals surface area (Å²) in [6.07, 6.45) is 10.3. The molecule has 1 fully saturated rings. The quantitative estimate of drug-likeness (QED) is 0.762. The van der Waals surface area contributed by atoms with Crippen LogP contribution in [0.4, 0.5) is 0 Å². The third kappa shape index (κ3) is 3.69. The molecule has 1 aliphatic rings. The molecule has 0 unspecified atom stereocenters. The molecule has 0 saturated heterocycles. The zero-order chi connectivity index (χ0) is 16.2. The van der Waals surface area contributed by atoms with E-state index >= 15 is 0 Å². The number of hydrogen-bond acceptors (Lipinski definition) is 4. The topological polar surface area (TPSA) is 51.0 Å². The number of aromatic nitrogens is 3. The van der Waals surface area contributed by atoms with Gasteiger partial charge in [0.15, 0.2) is 0 Å². The van der Waals surface area contributed by atoms with Crippen molar-refractivity contribution < 1.29 is 4.79 Å². The van der Waals surface area contributed by atoms with E-state index in [9.17, 15) is 4.79 Å². The average Bonchev–Trinajstić information content (AvgIpc) is 3.28. The predicted octanol–water partition coefficient (Wildman–Crippen LogP) is 3.48. The summed E-state index contributed by atoms with van der Waals surface area (Å²) in [6, 6.07) is 0.520. The molecule has 6 heteroatoms. The van der Waals surface area contributed by atoms with Crippen LogP contribution in [0.5, 0.6) is 0 Å². The van der Waals surface area contributed by atoms with Gasteiger partial charge in [0.05, 0.1) is 11.7 Å². The van der Waals surface area contributed by atoms with Crippen LogP contribution in [0.25, 0.3) is 0 Å². The Balaban J connectivity index is 1.76. The second-order valence-electron chi connectivity index (χ2n) is 6.09. The Morgan fingerprint density at radius 3 is 2.91 bits per heavy atom. The van der Waals surface area contributed by atoms with Crippen molar-refractivity contribution >= 4 is 17.4 Å². The minimum atomic E-state index is -0.0655. The first-order valence-corrected chi connectivity index (χ1v) is 8.85. The Bertz CT molecular complexity index is 671. The minimum absolute atomic E-state index is 0.0655. The summed E-state index contributed by atoms with van der Waals surface area (Å²) >= 11 is 1.40. The molecule has 1 amide bonds. The monoisotopic (exact) mass is 330 g/mol. The highest BCUT2D eigenvalue weighted by Gasteiger charge is 2.20. The smallest absolute Gasteiger partial charge is 0.246 e. The molecule has 0 N–H and O–H groups in total. The van der Waals surface area contributed by atoms with Gasteiger partial charge in [0, 0.05) is 42.0 Å². The highest BCUT2D eigenvalue weighted by molar-refractivity contribution is 7.03. The molecule has 1 saturated carbocycles. The zero-order valence-corrected chi connectivity index (χ0v) is 14.3. The van der Waals surface area contributed by atoms with Crippen molar-refractivity contribution in [2.45, 2.75) is 51.7 Å². The average molecular weight is 330 g/mol. The van der Waals surface area contributed by atoms with E-state index in [4.69, 9.17) is 0 Å². The van der Waals surface area contributed by atoms with Crippen LogP contribution in [0.1, 0.15) is 48.5 Å². The molecule has 0 aromatic carbocycles. The summed E-state index contributed by atoms with van der Waals surface area (Å²) in [4.78, 5) is 14.0. The van der Waals surface area contributed by atoms with E-state index in [-0.39, 0.29) is 5.91 Å². The summed E-state index contributed by atoms with van der Waals surface area (Å²) < 4.78 is 6.20. The van der Waals surface area contributed by atoms with Gasteiger partial charge in [0.1, 0.15) is 0 Å². The highest BCUT2D eigenvalue weighted by atomic mass is 32.1. The van der Waals surface area contributed by atoms with Gasteiger partial charge in [-0.1, -0.05) is 19.4 Å². The normalized spacial score (nSPS) is 15.0. The van der Waals surface area contributed by atoms with Gasteiger partial charge in [-0.15, -0.1) is 0 Å². The Morgan fingerprint density at radius 1 is 1.48 bits per heavy atom. The molecule has 1 aliphatic carbocycles. The molecular weight excluding hydrogens is 308 g/mol. The molecule has 2 aromatic rings. The van der Waals surface area contributed by atoms with Gasteiger partial charge < -0.3 is 4.90 Å². The van der Waals surface area contributed by atoms with E-state index < -0.39 is 0 Å². The lowest BCUT2D eigenvalue weighted by atomic mass is 10.2. The van der Waals surface area contributed by atoms with Crippen molar-refractivity contribution in [3.05, 3.63) is 47.2 Å². The van der Waals surface area contributed by atoms with Crippen molar-refractivity contribution in [2.24, 2.45) is 0 Å². The van der Waals surface area contributed by atoms with Crippen molar-refractivity contribution in [1.82, 2.24) is 19.1 Å². The second-order valence-corrected chi connectivity index (χ2v) is 6.75. The van der Waals surface area contributed by atoms with E-state index in [0.29, 0.717) is 19.1 Å². The maximum atomic E-state index is 12.2.